The van der Waals surface area contributed by atoms with E-state index in [1.165, 1.54) is 0 Å². The SMILES string of the molecule is CCc1ccccc1N1C[C@H](C(=O)Nc2ccc(Oc3cccc(C)c3)cc2)CC1=O. The third-order valence-electron chi connectivity index (χ3n) is 5.51. The number of amides is 2. The number of carbonyl (C=O) groups is 2. The lowest BCUT2D eigenvalue weighted by atomic mass is 10.1. The molecule has 3 aromatic rings. The number of rotatable bonds is 6. The second-order valence-electron chi connectivity index (χ2n) is 7.82. The van der Waals surface area contributed by atoms with Crippen LogP contribution >= 0.6 is 0 Å². The summed E-state index contributed by atoms with van der Waals surface area (Å²) in [6, 6.07) is 23.0. The van der Waals surface area contributed by atoms with Gasteiger partial charge in [0, 0.05) is 24.3 Å². The highest BCUT2D eigenvalue weighted by molar-refractivity contribution is 6.03. The molecule has 1 aliphatic rings. The smallest absolute Gasteiger partial charge is 0.229 e. The first-order valence-electron chi connectivity index (χ1n) is 10.6. The molecular weight excluding hydrogens is 388 g/mol. The zero-order chi connectivity index (χ0) is 21.8. The van der Waals surface area contributed by atoms with E-state index in [1.54, 1.807) is 4.90 Å². The topological polar surface area (TPSA) is 58.6 Å². The molecule has 1 saturated heterocycles. The van der Waals surface area contributed by atoms with Gasteiger partial charge in [0.15, 0.2) is 0 Å². The van der Waals surface area contributed by atoms with Crippen molar-refractivity contribution in [2.75, 3.05) is 16.8 Å². The standard InChI is InChI=1S/C26H26N2O3/c1-3-19-8-4-5-10-24(19)28-17-20(16-25(28)29)26(30)27-21-11-13-22(14-12-21)31-23-9-6-7-18(2)15-23/h4-15,20H,3,16-17H2,1-2H3,(H,27,30)/t20-/m1/s1. The van der Waals surface area contributed by atoms with Crippen molar-refractivity contribution in [1.29, 1.82) is 0 Å². The summed E-state index contributed by atoms with van der Waals surface area (Å²) in [5, 5.41) is 2.93. The largest absolute Gasteiger partial charge is 0.457 e. The van der Waals surface area contributed by atoms with Gasteiger partial charge in [0.25, 0.3) is 0 Å². The van der Waals surface area contributed by atoms with E-state index < -0.39 is 0 Å². The molecule has 1 N–H and O–H groups in total. The van der Waals surface area contributed by atoms with Gasteiger partial charge >= 0.3 is 0 Å². The number of ether oxygens (including phenoxy) is 1. The molecule has 5 heteroatoms. The van der Waals surface area contributed by atoms with Crippen molar-refractivity contribution in [3.8, 4) is 11.5 Å². The molecule has 0 aromatic heterocycles. The fourth-order valence-corrected chi connectivity index (χ4v) is 3.85. The summed E-state index contributed by atoms with van der Waals surface area (Å²) in [7, 11) is 0. The van der Waals surface area contributed by atoms with Crippen LogP contribution in [0.3, 0.4) is 0 Å². The summed E-state index contributed by atoms with van der Waals surface area (Å²) in [6.07, 6.45) is 1.06. The number of hydrogen-bond acceptors (Lipinski definition) is 3. The molecule has 5 nitrogen and oxygen atoms in total. The first kappa shape index (κ1) is 20.7. The Balaban J connectivity index is 1.39. The molecular formula is C26H26N2O3. The van der Waals surface area contributed by atoms with E-state index in [-0.39, 0.29) is 24.2 Å². The maximum atomic E-state index is 12.8. The Kier molecular flexibility index (Phi) is 6.03. The van der Waals surface area contributed by atoms with Crippen LogP contribution in [-0.4, -0.2) is 18.4 Å². The maximum absolute atomic E-state index is 12.8. The Hall–Kier alpha value is -3.60. The third-order valence-corrected chi connectivity index (χ3v) is 5.51. The van der Waals surface area contributed by atoms with E-state index in [0.717, 1.165) is 29.0 Å². The number of benzene rings is 3. The minimum absolute atomic E-state index is 0.0112. The number of carbonyl (C=O) groups excluding carboxylic acids is 2. The van der Waals surface area contributed by atoms with Crippen LogP contribution in [0.1, 0.15) is 24.5 Å². The molecule has 1 fully saturated rings. The molecule has 0 saturated carbocycles. The molecule has 31 heavy (non-hydrogen) atoms. The van der Waals surface area contributed by atoms with E-state index in [1.807, 2.05) is 79.7 Å². The molecule has 1 aliphatic heterocycles. The van der Waals surface area contributed by atoms with E-state index >= 15 is 0 Å². The van der Waals surface area contributed by atoms with Crippen molar-refractivity contribution in [1.82, 2.24) is 0 Å². The van der Waals surface area contributed by atoms with Crippen LogP contribution < -0.4 is 15.0 Å². The Labute approximate surface area is 182 Å². The fraction of sp³-hybridized carbons (Fsp3) is 0.231. The van der Waals surface area contributed by atoms with Crippen LogP contribution in [-0.2, 0) is 16.0 Å². The normalized spacial score (nSPS) is 15.7. The Bertz CT molecular complexity index is 1090. The van der Waals surface area contributed by atoms with E-state index in [0.29, 0.717) is 18.0 Å². The minimum atomic E-state index is -0.374. The Morgan fingerprint density at radius 2 is 1.81 bits per heavy atom. The average Bonchev–Trinajstić information content (AvgIpc) is 3.17. The van der Waals surface area contributed by atoms with Crippen LogP contribution in [0.15, 0.2) is 72.8 Å². The number of hydrogen-bond donors (Lipinski definition) is 1. The van der Waals surface area contributed by atoms with Gasteiger partial charge in [0.2, 0.25) is 11.8 Å². The van der Waals surface area contributed by atoms with Crippen molar-refractivity contribution < 1.29 is 14.3 Å². The highest BCUT2D eigenvalue weighted by Crippen LogP contribution is 2.29. The third kappa shape index (κ3) is 4.77. The van der Waals surface area contributed by atoms with Gasteiger partial charge in [-0.3, -0.25) is 9.59 Å². The first-order chi connectivity index (χ1) is 15.0. The molecule has 0 aliphatic carbocycles. The van der Waals surface area contributed by atoms with E-state index in [4.69, 9.17) is 4.74 Å². The van der Waals surface area contributed by atoms with Crippen molar-refractivity contribution >= 4 is 23.2 Å². The molecule has 0 bridgehead atoms. The Morgan fingerprint density at radius 1 is 1.03 bits per heavy atom. The number of para-hydroxylation sites is 1. The van der Waals surface area contributed by atoms with Crippen LogP contribution in [0, 0.1) is 12.8 Å². The van der Waals surface area contributed by atoms with Gasteiger partial charge in [-0.1, -0.05) is 37.3 Å². The lowest BCUT2D eigenvalue weighted by molar-refractivity contribution is -0.122. The van der Waals surface area contributed by atoms with Crippen molar-refractivity contribution in [2.24, 2.45) is 5.92 Å². The van der Waals surface area contributed by atoms with E-state index in [9.17, 15) is 9.59 Å². The summed E-state index contributed by atoms with van der Waals surface area (Å²) in [4.78, 5) is 27.1. The summed E-state index contributed by atoms with van der Waals surface area (Å²) < 4.78 is 5.85. The predicted octanol–water partition coefficient (Wildman–Crippen LogP) is 5.34. The molecule has 4 rings (SSSR count). The summed E-state index contributed by atoms with van der Waals surface area (Å²) >= 11 is 0. The van der Waals surface area contributed by atoms with Crippen LogP contribution in [0.2, 0.25) is 0 Å². The highest BCUT2D eigenvalue weighted by Gasteiger charge is 2.35. The average molecular weight is 415 g/mol. The summed E-state index contributed by atoms with van der Waals surface area (Å²) in [5.74, 6) is 0.941. The van der Waals surface area contributed by atoms with E-state index in [2.05, 4.69) is 12.2 Å². The minimum Gasteiger partial charge on any atom is -0.457 e. The number of anilines is 2. The maximum Gasteiger partial charge on any atom is 0.229 e. The second kappa shape index (κ2) is 9.04. The number of nitrogens with zero attached hydrogens (tertiary/aromatic N) is 1. The van der Waals surface area contributed by atoms with Gasteiger partial charge in [0.05, 0.1) is 5.92 Å². The second-order valence-corrected chi connectivity index (χ2v) is 7.82. The van der Waals surface area contributed by atoms with Crippen LogP contribution in [0.4, 0.5) is 11.4 Å². The number of nitrogens with one attached hydrogen (secondary N) is 1. The predicted molar refractivity (Wildman–Crippen MR) is 123 cm³/mol. The lowest BCUT2D eigenvalue weighted by Crippen LogP contribution is -2.28. The van der Waals surface area contributed by atoms with Gasteiger partial charge in [-0.15, -0.1) is 0 Å². The lowest BCUT2D eigenvalue weighted by Gasteiger charge is -2.20. The quantitative estimate of drug-likeness (QED) is 0.592. The van der Waals surface area contributed by atoms with Gasteiger partial charge in [0.1, 0.15) is 11.5 Å². The van der Waals surface area contributed by atoms with Crippen LogP contribution in [0.25, 0.3) is 0 Å². The molecule has 1 heterocycles. The van der Waals surface area contributed by atoms with Crippen molar-refractivity contribution in [2.45, 2.75) is 26.7 Å². The van der Waals surface area contributed by atoms with Crippen molar-refractivity contribution in [3.05, 3.63) is 83.9 Å². The number of aryl methyl sites for hydroxylation is 2. The monoisotopic (exact) mass is 414 g/mol. The van der Waals surface area contributed by atoms with Gasteiger partial charge in [-0.05, 0) is 66.9 Å². The molecule has 0 radical (unpaired) electrons. The Morgan fingerprint density at radius 3 is 2.55 bits per heavy atom. The van der Waals surface area contributed by atoms with Gasteiger partial charge < -0.3 is 15.0 Å². The molecule has 0 unspecified atom stereocenters. The van der Waals surface area contributed by atoms with Gasteiger partial charge in [-0.25, -0.2) is 0 Å². The van der Waals surface area contributed by atoms with Gasteiger partial charge in [-0.2, -0.15) is 0 Å². The highest BCUT2D eigenvalue weighted by atomic mass is 16.5. The van der Waals surface area contributed by atoms with Crippen molar-refractivity contribution in [3.63, 3.8) is 0 Å². The first-order valence-corrected chi connectivity index (χ1v) is 10.6. The summed E-state index contributed by atoms with van der Waals surface area (Å²) in [5.41, 5.74) is 3.83. The molecule has 158 valence electrons. The molecule has 3 aromatic carbocycles. The summed E-state index contributed by atoms with van der Waals surface area (Å²) in [6.45, 7) is 4.48. The fourth-order valence-electron chi connectivity index (χ4n) is 3.85. The molecule has 2 amide bonds. The molecule has 1 atom stereocenters. The van der Waals surface area contributed by atoms with Crippen LogP contribution in [0.5, 0.6) is 11.5 Å². The zero-order valence-corrected chi connectivity index (χ0v) is 17.8. The molecule has 0 spiro atoms. The zero-order valence-electron chi connectivity index (χ0n) is 17.8.